The van der Waals surface area contributed by atoms with E-state index in [1.54, 1.807) is 0 Å². The molecule has 0 spiro atoms. The summed E-state index contributed by atoms with van der Waals surface area (Å²) in [5.41, 5.74) is 0. The number of hydrogen-bond acceptors (Lipinski definition) is 6. The lowest BCUT2D eigenvalue weighted by Crippen LogP contribution is -2.30. The molecule has 0 aromatic carbocycles. The van der Waals surface area contributed by atoms with Crippen molar-refractivity contribution < 1.29 is 28.6 Å². The summed E-state index contributed by atoms with van der Waals surface area (Å²) >= 11 is 0. The standard InChI is InChI=1S/C54H104O6/c1-5-7-9-11-13-14-15-16-17-18-21-24-27-30-34-38-42-46-53(56)59-49-51(48-58-52(55)45-41-37-32-12-10-8-6-2)60-54(57)47-43-39-35-31-28-25-22-19-20-23-26-29-33-36-40-44-50(3)4/h50-51H,5-49H2,1-4H3/t51-/m0/s1. The van der Waals surface area contributed by atoms with Crippen LogP contribution >= 0.6 is 0 Å². The number of rotatable bonds is 49. The van der Waals surface area contributed by atoms with Crippen molar-refractivity contribution in [3.8, 4) is 0 Å². The second kappa shape index (κ2) is 48.4. The molecule has 6 heteroatoms. The van der Waals surface area contributed by atoms with Gasteiger partial charge in [0.05, 0.1) is 0 Å². The van der Waals surface area contributed by atoms with E-state index in [1.807, 2.05) is 0 Å². The molecule has 0 unspecified atom stereocenters. The maximum Gasteiger partial charge on any atom is 0.306 e. The summed E-state index contributed by atoms with van der Waals surface area (Å²) in [4.78, 5) is 37.8. The van der Waals surface area contributed by atoms with Crippen LogP contribution in [0, 0.1) is 5.92 Å². The smallest absolute Gasteiger partial charge is 0.306 e. The second-order valence-electron chi connectivity index (χ2n) is 19.0. The van der Waals surface area contributed by atoms with Crippen molar-refractivity contribution in [2.45, 2.75) is 310 Å². The van der Waals surface area contributed by atoms with Crippen LogP contribution in [0.25, 0.3) is 0 Å². The molecule has 1 atom stereocenters. The van der Waals surface area contributed by atoms with Crippen LogP contribution in [0.15, 0.2) is 0 Å². The lowest BCUT2D eigenvalue weighted by atomic mass is 10.0. The molecule has 0 aromatic rings. The van der Waals surface area contributed by atoms with Gasteiger partial charge in [0.15, 0.2) is 6.10 Å². The Morgan fingerprint density at radius 1 is 0.317 bits per heavy atom. The predicted octanol–water partition coefficient (Wildman–Crippen LogP) is 17.5. The molecule has 6 nitrogen and oxygen atoms in total. The Hall–Kier alpha value is -1.59. The van der Waals surface area contributed by atoms with Crippen LogP contribution in [0.1, 0.15) is 304 Å². The van der Waals surface area contributed by atoms with Gasteiger partial charge >= 0.3 is 17.9 Å². The molecule has 0 N–H and O–H groups in total. The molecule has 0 aliphatic carbocycles. The largest absolute Gasteiger partial charge is 0.462 e. The van der Waals surface area contributed by atoms with Gasteiger partial charge in [0, 0.05) is 19.3 Å². The molecular weight excluding hydrogens is 745 g/mol. The molecule has 0 aromatic heterocycles. The Morgan fingerprint density at radius 3 is 0.817 bits per heavy atom. The van der Waals surface area contributed by atoms with Crippen LogP contribution in [-0.2, 0) is 28.6 Å². The van der Waals surface area contributed by atoms with Crippen molar-refractivity contribution in [1.29, 1.82) is 0 Å². The van der Waals surface area contributed by atoms with Gasteiger partial charge < -0.3 is 14.2 Å². The van der Waals surface area contributed by atoms with Gasteiger partial charge in [-0.25, -0.2) is 0 Å². The summed E-state index contributed by atoms with van der Waals surface area (Å²) in [6, 6.07) is 0. The first kappa shape index (κ1) is 58.4. The highest BCUT2D eigenvalue weighted by atomic mass is 16.6. The molecule has 0 heterocycles. The van der Waals surface area contributed by atoms with Crippen LogP contribution in [0.3, 0.4) is 0 Å². The topological polar surface area (TPSA) is 78.9 Å². The highest BCUT2D eigenvalue weighted by molar-refractivity contribution is 5.71. The van der Waals surface area contributed by atoms with Crippen molar-refractivity contribution in [2.24, 2.45) is 5.92 Å². The highest BCUT2D eigenvalue weighted by Crippen LogP contribution is 2.17. The van der Waals surface area contributed by atoms with E-state index in [0.29, 0.717) is 19.3 Å². The summed E-state index contributed by atoms with van der Waals surface area (Å²) in [5.74, 6) is -0.000329. The average Bonchev–Trinajstić information content (AvgIpc) is 3.23. The molecule has 0 saturated carbocycles. The van der Waals surface area contributed by atoms with Gasteiger partial charge in [-0.3, -0.25) is 14.4 Å². The van der Waals surface area contributed by atoms with E-state index in [9.17, 15) is 14.4 Å². The van der Waals surface area contributed by atoms with E-state index in [1.165, 1.54) is 199 Å². The minimum Gasteiger partial charge on any atom is -0.462 e. The number of esters is 3. The van der Waals surface area contributed by atoms with Crippen LogP contribution in [0.5, 0.6) is 0 Å². The highest BCUT2D eigenvalue weighted by Gasteiger charge is 2.19. The molecule has 0 radical (unpaired) electrons. The zero-order valence-electron chi connectivity index (χ0n) is 40.9. The maximum absolute atomic E-state index is 12.8. The van der Waals surface area contributed by atoms with Gasteiger partial charge in [0.25, 0.3) is 0 Å². The second-order valence-corrected chi connectivity index (χ2v) is 19.0. The molecule has 356 valence electrons. The van der Waals surface area contributed by atoms with Crippen molar-refractivity contribution >= 4 is 17.9 Å². The van der Waals surface area contributed by atoms with Crippen LogP contribution in [-0.4, -0.2) is 37.2 Å². The zero-order chi connectivity index (χ0) is 43.8. The van der Waals surface area contributed by atoms with Gasteiger partial charge in [-0.2, -0.15) is 0 Å². The van der Waals surface area contributed by atoms with Crippen molar-refractivity contribution in [2.75, 3.05) is 13.2 Å². The average molecular weight is 849 g/mol. The molecule has 60 heavy (non-hydrogen) atoms. The quantitative estimate of drug-likeness (QED) is 0.0345. The minimum atomic E-state index is -0.760. The SMILES string of the molecule is CCCCCCCCCCCCCCCCCCCC(=O)OC[C@H](COC(=O)CCCCCCCCC)OC(=O)CCCCCCCCCCCCCCCCCC(C)C. The molecule has 0 aliphatic heterocycles. The minimum absolute atomic E-state index is 0.0628. The monoisotopic (exact) mass is 849 g/mol. The van der Waals surface area contributed by atoms with E-state index in [0.717, 1.165) is 63.7 Å². The molecule has 0 fully saturated rings. The van der Waals surface area contributed by atoms with E-state index in [2.05, 4.69) is 27.7 Å². The summed E-state index contributed by atoms with van der Waals surface area (Å²) in [5, 5.41) is 0. The molecule has 0 saturated heterocycles. The first-order chi connectivity index (χ1) is 29.4. The summed E-state index contributed by atoms with van der Waals surface area (Å²) in [7, 11) is 0. The number of hydrogen-bond donors (Lipinski definition) is 0. The summed E-state index contributed by atoms with van der Waals surface area (Å²) in [6.45, 7) is 9.01. The van der Waals surface area contributed by atoms with E-state index in [-0.39, 0.29) is 31.1 Å². The Bertz CT molecular complexity index is 903. The Kier molecular flexibility index (Phi) is 47.2. The summed E-state index contributed by atoms with van der Waals surface area (Å²) < 4.78 is 16.8. The Labute approximate surface area is 374 Å². The lowest BCUT2D eigenvalue weighted by molar-refractivity contribution is -0.167. The molecular formula is C54H104O6. The molecule has 0 bridgehead atoms. The number of carbonyl (C=O) groups is 3. The van der Waals surface area contributed by atoms with Gasteiger partial charge in [-0.1, -0.05) is 265 Å². The van der Waals surface area contributed by atoms with Crippen molar-refractivity contribution in [1.82, 2.24) is 0 Å². The third kappa shape index (κ3) is 47.5. The van der Waals surface area contributed by atoms with E-state index < -0.39 is 6.10 Å². The zero-order valence-corrected chi connectivity index (χ0v) is 40.9. The van der Waals surface area contributed by atoms with Gasteiger partial charge in [-0.15, -0.1) is 0 Å². The van der Waals surface area contributed by atoms with Gasteiger partial charge in [0.1, 0.15) is 13.2 Å². The van der Waals surface area contributed by atoms with E-state index in [4.69, 9.17) is 14.2 Å². The molecule has 0 rings (SSSR count). The van der Waals surface area contributed by atoms with Crippen molar-refractivity contribution in [3.05, 3.63) is 0 Å². The van der Waals surface area contributed by atoms with Crippen LogP contribution in [0.2, 0.25) is 0 Å². The lowest BCUT2D eigenvalue weighted by Gasteiger charge is -2.18. The maximum atomic E-state index is 12.8. The van der Waals surface area contributed by atoms with Gasteiger partial charge in [-0.05, 0) is 25.2 Å². The third-order valence-electron chi connectivity index (χ3n) is 12.3. The number of carbonyl (C=O) groups excluding carboxylic acids is 3. The van der Waals surface area contributed by atoms with Gasteiger partial charge in [0.2, 0.25) is 0 Å². The van der Waals surface area contributed by atoms with Crippen LogP contribution in [0.4, 0.5) is 0 Å². The normalized spacial score (nSPS) is 11.9. The first-order valence-electron chi connectivity index (χ1n) is 26.9. The Morgan fingerprint density at radius 2 is 0.550 bits per heavy atom. The van der Waals surface area contributed by atoms with Crippen LogP contribution < -0.4 is 0 Å². The number of unbranched alkanes of at least 4 members (excludes halogenated alkanes) is 36. The fraction of sp³-hybridized carbons (Fsp3) is 0.944. The fourth-order valence-corrected chi connectivity index (χ4v) is 8.22. The fourth-order valence-electron chi connectivity index (χ4n) is 8.22. The first-order valence-corrected chi connectivity index (χ1v) is 26.9. The van der Waals surface area contributed by atoms with E-state index >= 15 is 0 Å². The predicted molar refractivity (Wildman–Crippen MR) is 257 cm³/mol. The number of ether oxygens (including phenoxy) is 3. The Balaban J connectivity index is 4.17. The molecule has 0 amide bonds. The van der Waals surface area contributed by atoms with Crippen molar-refractivity contribution in [3.63, 3.8) is 0 Å². The third-order valence-corrected chi connectivity index (χ3v) is 12.3. The summed E-state index contributed by atoms with van der Waals surface area (Å²) in [6.07, 6.45) is 51.1. The molecule has 0 aliphatic rings.